The van der Waals surface area contributed by atoms with Gasteiger partial charge in [0.2, 0.25) is 0 Å². The Kier molecular flexibility index (Phi) is 5.51. The number of piperidine rings is 1. The molecule has 1 heterocycles. The molecule has 5 heteroatoms. The van der Waals surface area contributed by atoms with Crippen LogP contribution in [0.5, 0.6) is 0 Å². The van der Waals surface area contributed by atoms with Gasteiger partial charge in [0.1, 0.15) is 5.60 Å². The van der Waals surface area contributed by atoms with Crippen LogP contribution in [0.15, 0.2) is 48.5 Å². The minimum absolute atomic E-state index is 0.0162. The largest absolute Gasteiger partial charge is 0.388 e. The van der Waals surface area contributed by atoms with Gasteiger partial charge in [-0.05, 0) is 42.5 Å². The van der Waals surface area contributed by atoms with Crippen LogP contribution >= 0.6 is 11.6 Å². The number of carbonyl (C=O) groups is 1. The summed E-state index contributed by atoms with van der Waals surface area (Å²) >= 11 is 5.95. The van der Waals surface area contributed by atoms with E-state index in [0.717, 1.165) is 11.3 Å². The Hall–Kier alpha value is -2.48. The maximum atomic E-state index is 12.6. The van der Waals surface area contributed by atoms with E-state index in [9.17, 15) is 9.90 Å². The molecule has 1 saturated heterocycles. The van der Waals surface area contributed by atoms with Crippen LogP contribution in [0.3, 0.4) is 0 Å². The van der Waals surface area contributed by atoms with Gasteiger partial charge in [0.15, 0.2) is 0 Å². The summed E-state index contributed by atoms with van der Waals surface area (Å²) in [6.45, 7) is 0.959. The van der Waals surface area contributed by atoms with Crippen molar-refractivity contribution in [1.29, 1.82) is 0 Å². The molecular formula is C21H21ClN2O2. The Morgan fingerprint density at radius 3 is 2.50 bits per heavy atom. The number of likely N-dealkylation sites (tertiary alicyclic amines) is 1. The van der Waals surface area contributed by atoms with E-state index in [-0.39, 0.29) is 5.91 Å². The molecule has 0 saturated carbocycles. The van der Waals surface area contributed by atoms with Crippen LogP contribution in [0.2, 0.25) is 5.02 Å². The van der Waals surface area contributed by atoms with Crippen LogP contribution < -0.4 is 5.32 Å². The van der Waals surface area contributed by atoms with Crippen molar-refractivity contribution in [3.05, 3.63) is 64.7 Å². The molecule has 134 valence electrons. The summed E-state index contributed by atoms with van der Waals surface area (Å²) in [5.41, 5.74) is 1.31. The predicted octanol–water partition coefficient (Wildman–Crippen LogP) is 3.40. The van der Waals surface area contributed by atoms with E-state index >= 15 is 0 Å². The number of hydrogen-bond donors (Lipinski definition) is 2. The molecule has 0 unspecified atom stereocenters. The zero-order valence-corrected chi connectivity index (χ0v) is 15.4. The highest BCUT2D eigenvalue weighted by atomic mass is 35.5. The van der Waals surface area contributed by atoms with Gasteiger partial charge in [-0.1, -0.05) is 29.5 Å². The van der Waals surface area contributed by atoms with Crippen molar-refractivity contribution in [3.63, 3.8) is 0 Å². The summed E-state index contributed by atoms with van der Waals surface area (Å²) in [4.78, 5) is 14.4. The van der Waals surface area contributed by atoms with E-state index < -0.39 is 5.60 Å². The zero-order chi connectivity index (χ0) is 18.6. The van der Waals surface area contributed by atoms with Crippen molar-refractivity contribution in [2.75, 3.05) is 25.5 Å². The van der Waals surface area contributed by atoms with Gasteiger partial charge in [-0.15, -0.1) is 0 Å². The van der Waals surface area contributed by atoms with Crippen LogP contribution in [0.25, 0.3) is 0 Å². The number of hydrogen-bond acceptors (Lipinski definition) is 3. The summed E-state index contributed by atoms with van der Waals surface area (Å²) in [7, 11) is 1.84. The minimum atomic E-state index is -1.07. The van der Waals surface area contributed by atoms with E-state index in [1.54, 1.807) is 17.0 Å². The summed E-state index contributed by atoms with van der Waals surface area (Å²) in [5, 5.41) is 14.3. The maximum Gasteiger partial charge on any atom is 0.253 e. The number of nitrogens with one attached hydrogen (secondary N) is 1. The van der Waals surface area contributed by atoms with E-state index in [4.69, 9.17) is 11.6 Å². The van der Waals surface area contributed by atoms with Gasteiger partial charge >= 0.3 is 0 Å². The number of carbonyl (C=O) groups excluding carboxylic acids is 1. The highest BCUT2D eigenvalue weighted by Crippen LogP contribution is 2.23. The molecule has 0 bridgehead atoms. The number of amides is 1. The van der Waals surface area contributed by atoms with Gasteiger partial charge in [-0.2, -0.15) is 0 Å². The van der Waals surface area contributed by atoms with Gasteiger partial charge in [-0.25, -0.2) is 0 Å². The molecule has 2 aromatic carbocycles. The number of anilines is 1. The fraction of sp³-hybridized carbons (Fsp3) is 0.286. The van der Waals surface area contributed by atoms with E-state index in [1.165, 1.54) is 0 Å². The lowest BCUT2D eigenvalue weighted by Crippen LogP contribution is -2.46. The molecule has 0 aliphatic carbocycles. The van der Waals surface area contributed by atoms with Crippen LogP contribution in [0.1, 0.15) is 28.8 Å². The van der Waals surface area contributed by atoms with Crippen LogP contribution in [0, 0.1) is 11.8 Å². The monoisotopic (exact) mass is 368 g/mol. The molecule has 2 aromatic rings. The van der Waals surface area contributed by atoms with E-state index in [1.807, 2.05) is 43.4 Å². The number of aliphatic hydroxyl groups is 1. The first-order valence-corrected chi connectivity index (χ1v) is 8.95. The van der Waals surface area contributed by atoms with Gasteiger partial charge in [0.05, 0.1) is 0 Å². The SMILES string of the molecule is CNc1ccc(C(=O)N2CCC(O)(C#Cc3cccc(Cl)c3)CC2)cc1. The number of benzene rings is 2. The van der Waals surface area contributed by atoms with Crippen LogP contribution in [0.4, 0.5) is 5.69 Å². The minimum Gasteiger partial charge on any atom is -0.388 e. The Balaban J connectivity index is 1.63. The van der Waals surface area contributed by atoms with Crippen molar-refractivity contribution < 1.29 is 9.90 Å². The fourth-order valence-corrected chi connectivity index (χ4v) is 3.11. The molecule has 1 aliphatic heterocycles. The second-order valence-electron chi connectivity index (χ2n) is 6.41. The second kappa shape index (κ2) is 7.82. The first kappa shape index (κ1) is 18.3. The zero-order valence-electron chi connectivity index (χ0n) is 14.6. The average Bonchev–Trinajstić information content (AvgIpc) is 2.67. The summed E-state index contributed by atoms with van der Waals surface area (Å²) in [6.07, 6.45) is 0.863. The summed E-state index contributed by atoms with van der Waals surface area (Å²) < 4.78 is 0. The Labute approximate surface area is 158 Å². The van der Waals surface area contributed by atoms with Crippen molar-refractivity contribution in [1.82, 2.24) is 4.90 Å². The molecule has 3 rings (SSSR count). The lowest BCUT2D eigenvalue weighted by Gasteiger charge is -2.35. The first-order chi connectivity index (χ1) is 12.5. The van der Waals surface area contributed by atoms with Crippen molar-refractivity contribution >= 4 is 23.2 Å². The Morgan fingerprint density at radius 1 is 1.19 bits per heavy atom. The molecule has 0 radical (unpaired) electrons. The molecule has 1 fully saturated rings. The third-order valence-corrected chi connectivity index (χ3v) is 4.80. The number of nitrogens with zero attached hydrogens (tertiary/aromatic N) is 1. The van der Waals surface area contributed by atoms with E-state index in [2.05, 4.69) is 17.2 Å². The quantitative estimate of drug-likeness (QED) is 0.799. The van der Waals surface area contributed by atoms with Gasteiger partial charge in [0.25, 0.3) is 5.91 Å². The van der Waals surface area contributed by atoms with Crippen LogP contribution in [-0.2, 0) is 0 Å². The maximum absolute atomic E-state index is 12.6. The molecule has 2 N–H and O–H groups in total. The first-order valence-electron chi connectivity index (χ1n) is 8.57. The van der Waals surface area contributed by atoms with Crippen molar-refractivity contribution in [2.45, 2.75) is 18.4 Å². The molecule has 26 heavy (non-hydrogen) atoms. The molecule has 4 nitrogen and oxygen atoms in total. The molecule has 0 atom stereocenters. The predicted molar refractivity (Wildman–Crippen MR) is 104 cm³/mol. The van der Waals surface area contributed by atoms with E-state index in [0.29, 0.717) is 36.5 Å². The smallest absolute Gasteiger partial charge is 0.253 e. The number of rotatable bonds is 2. The third kappa shape index (κ3) is 4.37. The van der Waals surface area contributed by atoms with Gasteiger partial charge in [0, 0.05) is 54.8 Å². The van der Waals surface area contributed by atoms with Crippen molar-refractivity contribution in [3.8, 4) is 11.8 Å². The molecular weight excluding hydrogens is 348 g/mol. The topological polar surface area (TPSA) is 52.6 Å². The van der Waals surface area contributed by atoms with Crippen LogP contribution in [-0.4, -0.2) is 41.7 Å². The standard InChI is InChI=1S/C21H21ClN2O2/c1-23-19-7-5-17(6-8-19)20(25)24-13-11-21(26,12-14-24)10-9-16-3-2-4-18(22)15-16/h2-8,15,23,26H,11-14H2,1H3. The lowest BCUT2D eigenvalue weighted by molar-refractivity contribution is 0.0249. The highest BCUT2D eigenvalue weighted by molar-refractivity contribution is 6.30. The molecule has 0 spiro atoms. The summed E-state index contributed by atoms with van der Waals surface area (Å²) in [6, 6.07) is 14.6. The van der Waals surface area contributed by atoms with Crippen molar-refractivity contribution in [2.24, 2.45) is 0 Å². The molecule has 0 aromatic heterocycles. The summed E-state index contributed by atoms with van der Waals surface area (Å²) in [5.74, 6) is 5.93. The van der Waals surface area contributed by atoms with Gasteiger partial charge < -0.3 is 15.3 Å². The molecule has 1 amide bonds. The Morgan fingerprint density at radius 2 is 1.88 bits per heavy atom. The number of halogens is 1. The lowest BCUT2D eigenvalue weighted by atomic mass is 9.91. The fourth-order valence-electron chi connectivity index (χ4n) is 2.92. The Bertz CT molecular complexity index is 844. The third-order valence-electron chi connectivity index (χ3n) is 4.56. The normalized spacial score (nSPS) is 15.7. The van der Waals surface area contributed by atoms with Gasteiger partial charge in [-0.3, -0.25) is 4.79 Å². The highest BCUT2D eigenvalue weighted by Gasteiger charge is 2.32. The average molecular weight is 369 g/mol. The second-order valence-corrected chi connectivity index (χ2v) is 6.85. The molecule has 1 aliphatic rings.